The molecule has 0 saturated carbocycles. The third kappa shape index (κ3) is 51.8. The first-order chi connectivity index (χ1) is 70.7. The SMILES string of the molecule is CC[C@H](C)[C@H](NC(=O)[C@H](CCCCN)NC(=O)[C@H](CCCNC(=N)N)NC(=O)[C@H](CCSC)NC(=O)[C@H](CCCNC(=N)N)NC(=O)[C@H](CCCCN)NC(=O)[C@H](CCCCN)NC(=O)[C@H](CS)NC(=O)[C@H](CCCNC(=N)N)NC(=O)[C@H](CCC(N)=O)NC(=O)[C@H](CC(N)=O)NC(=O)[C@H](Cc1ccccc1)NC(=O)[C@@H](NC(=O)[C@@H]1CCCN1C(=O)[C@H](CO)NC(=O)[C@H](CO)NC(=O)CNC(=O)[C@@H](N)CCSC)C(C)C)C(=O)O. The first kappa shape index (κ1) is 132. The number of primary amides is 2. The number of amides is 19. The van der Waals surface area contributed by atoms with Crippen molar-refractivity contribution >= 4 is 172 Å². The normalized spacial score (nSPS) is 15.5. The number of rotatable bonds is 77. The van der Waals surface area contributed by atoms with Crippen molar-refractivity contribution in [1.82, 2.24) is 106 Å². The minimum absolute atomic E-state index is 0.00397. The fraction of sp³-hybridized carbons (Fsp3) is 0.681. The summed E-state index contributed by atoms with van der Waals surface area (Å²) in [7, 11) is 0. The van der Waals surface area contributed by atoms with E-state index in [1.165, 1.54) is 37.4 Å². The molecule has 1 aliphatic heterocycles. The largest absolute Gasteiger partial charge is 0.480 e. The summed E-state index contributed by atoms with van der Waals surface area (Å²) in [5.74, 6) is -22.7. The number of carbonyl (C=O) groups is 20. The van der Waals surface area contributed by atoms with Gasteiger partial charge in [0, 0.05) is 44.8 Å². The second-order valence-corrected chi connectivity index (χ2v) is 38.4. The second kappa shape index (κ2) is 73.4. The van der Waals surface area contributed by atoms with E-state index in [1.807, 2.05) is 6.26 Å². The maximum Gasteiger partial charge on any atom is 0.326 e. The van der Waals surface area contributed by atoms with Crippen LogP contribution in [0.2, 0.25) is 0 Å². The third-order valence-electron chi connectivity index (χ3n) is 23.8. The second-order valence-electron chi connectivity index (χ2n) is 36.1. The molecule has 840 valence electrons. The molecule has 1 fully saturated rings. The Bertz CT molecular complexity index is 4540. The molecule has 18 atom stereocenters. The zero-order chi connectivity index (χ0) is 112. The Kier molecular flexibility index (Phi) is 65.2. The molecule has 19 amide bonds. The van der Waals surface area contributed by atoms with Gasteiger partial charge < -0.3 is 173 Å². The number of benzene rings is 1. The highest BCUT2D eigenvalue weighted by atomic mass is 32.2. The highest BCUT2D eigenvalue weighted by Crippen LogP contribution is 2.22. The van der Waals surface area contributed by atoms with E-state index in [9.17, 15) is 111 Å². The maximum atomic E-state index is 14.9. The number of likely N-dealkylation sites (tertiary alicyclic amines) is 1. The van der Waals surface area contributed by atoms with Gasteiger partial charge in [-0.3, -0.25) is 107 Å². The lowest BCUT2D eigenvalue weighted by Crippen LogP contribution is -2.62. The molecule has 1 aliphatic rings. The summed E-state index contributed by atoms with van der Waals surface area (Å²) < 4.78 is 0. The smallest absolute Gasteiger partial charge is 0.326 e. The Morgan fingerprint density at radius 1 is 0.416 bits per heavy atom. The van der Waals surface area contributed by atoms with Crippen LogP contribution in [0.25, 0.3) is 0 Å². The predicted octanol–water partition coefficient (Wildman–Crippen LogP) is -10.5. The Labute approximate surface area is 880 Å². The van der Waals surface area contributed by atoms with Gasteiger partial charge >= 0.3 is 5.97 Å². The number of unbranched alkanes of at least 4 members (excludes halogenated alkanes) is 3. The van der Waals surface area contributed by atoms with Crippen LogP contribution in [0.1, 0.15) is 181 Å². The van der Waals surface area contributed by atoms with E-state index in [1.54, 1.807) is 50.4 Å². The first-order valence-electron chi connectivity index (χ1n) is 49.6. The molecule has 43 N–H and O–H groups in total. The van der Waals surface area contributed by atoms with Crippen molar-refractivity contribution in [2.45, 2.75) is 285 Å². The van der Waals surface area contributed by atoms with Gasteiger partial charge in [0.1, 0.15) is 96.7 Å². The third-order valence-corrected chi connectivity index (χ3v) is 25.5. The maximum absolute atomic E-state index is 14.9. The van der Waals surface area contributed by atoms with Crippen molar-refractivity contribution in [3.8, 4) is 0 Å². The summed E-state index contributed by atoms with van der Waals surface area (Å²) in [4.78, 5) is 282. The fourth-order valence-corrected chi connectivity index (χ4v) is 16.4. The standard InChI is InChI=1S/C91H160N32O23S3/c1-7-50(4)71(88(145)146)122-80(137)55(25-13-16-36-94)110-75(132)56(26-17-37-104-89(98)99)113-79(136)60(33-42-149-6)116-76(133)57(27-18-38-105-90(100)101)111-73(130)53(23-11-14-34-92)109-74(131)54(24-12-15-35-93)114-84(141)65(48-147)120-77(134)58(28-19-39-106-91(102)103)112-78(135)59(30-31-67(96)126)115-82(139)62(44-68(97)127)117-81(138)61(43-51-21-9-8-10-22-51)118-86(143)70(49(2)3)121-85(142)66-29-20-40-123(66)87(144)64(47-125)119-83(140)63(46-124)108-69(128)45-107-72(129)52(95)32-41-148-5/h8-10,21-22,49-50,52-66,70-71,124-125,147H,7,11-20,23-48,92-95H2,1-6H3,(H2,96,126)(H2,97,127)(H,107,129)(H,108,128)(H,109,131)(H,110,132)(H,111,130)(H,112,135)(H,113,136)(H,114,141)(H,115,139)(H,116,133)(H,117,138)(H,118,143)(H,119,140)(H,120,134)(H,121,142)(H,122,137)(H,145,146)(H4,98,99,104)(H4,100,101,105)(H4,102,103,106)/t50-,52-,53-,54-,55-,56-,57-,58-,59-,60-,61-,62-,63-,64-,65-,66-,70-,71-/m0/s1. The summed E-state index contributed by atoms with van der Waals surface area (Å²) in [5, 5.41) is 102. The quantitative estimate of drug-likeness (QED) is 0.0125. The number of hydrogen-bond donors (Lipinski definition) is 35. The number of aliphatic hydroxyl groups is 2. The highest BCUT2D eigenvalue weighted by Gasteiger charge is 2.43. The molecule has 149 heavy (non-hydrogen) atoms. The molecular formula is C91H160N32O23S3. The van der Waals surface area contributed by atoms with E-state index in [0.717, 1.165) is 4.90 Å². The molecule has 0 radical (unpaired) electrons. The number of nitrogens with one attached hydrogen (secondary N) is 22. The molecule has 0 aliphatic carbocycles. The Hall–Kier alpha value is -12.8. The Morgan fingerprint density at radius 3 is 1.16 bits per heavy atom. The lowest BCUT2D eigenvalue weighted by Gasteiger charge is -2.31. The van der Waals surface area contributed by atoms with Gasteiger partial charge in [0.25, 0.3) is 0 Å². The van der Waals surface area contributed by atoms with Crippen molar-refractivity contribution in [3.05, 3.63) is 35.9 Å². The van der Waals surface area contributed by atoms with Crippen LogP contribution in [0.5, 0.6) is 0 Å². The minimum Gasteiger partial charge on any atom is -0.480 e. The van der Waals surface area contributed by atoms with E-state index in [0.29, 0.717) is 43.4 Å². The van der Waals surface area contributed by atoms with Gasteiger partial charge in [0.15, 0.2) is 17.9 Å². The molecule has 1 aromatic rings. The van der Waals surface area contributed by atoms with Gasteiger partial charge in [-0.05, 0) is 189 Å². The zero-order valence-electron chi connectivity index (χ0n) is 85.4. The lowest BCUT2D eigenvalue weighted by molar-refractivity contribution is -0.144. The molecule has 0 aromatic heterocycles. The van der Waals surface area contributed by atoms with Crippen LogP contribution in [0.3, 0.4) is 0 Å². The summed E-state index contributed by atoms with van der Waals surface area (Å²) in [6.45, 7) is 4.05. The molecule has 55 nitrogen and oxygen atoms in total. The molecule has 1 heterocycles. The van der Waals surface area contributed by atoms with E-state index in [4.69, 9.17) is 67.8 Å². The van der Waals surface area contributed by atoms with Gasteiger partial charge in [0.05, 0.1) is 32.2 Å². The van der Waals surface area contributed by atoms with E-state index < -0.39 is 295 Å². The van der Waals surface area contributed by atoms with E-state index >= 15 is 0 Å². The number of guanidine groups is 3. The van der Waals surface area contributed by atoms with Crippen LogP contribution in [-0.2, 0) is 102 Å². The lowest BCUT2D eigenvalue weighted by atomic mass is 9.98. The minimum atomic E-state index is -2.01. The number of carboxylic acids is 1. The van der Waals surface area contributed by atoms with Gasteiger partial charge in [-0.1, -0.05) is 64.4 Å². The molecule has 2 rings (SSSR count). The Balaban J connectivity index is 2.63. The molecular weight excluding hydrogens is 2010 g/mol. The number of nitrogens with zero attached hydrogens (tertiary/aromatic N) is 1. The summed E-state index contributed by atoms with van der Waals surface area (Å²) in [6, 6.07) is -18.3. The van der Waals surface area contributed by atoms with E-state index in [-0.39, 0.29) is 154 Å². The number of aliphatic carboxylic acids is 1. The Morgan fingerprint density at radius 2 is 0.779 bits per heavy atom. The average Bonchev–Trinajstić information content (AvgIpc) is 1.54. The monoisotopic (exact) mass is 2170 g/mol. The van der Waals surface area contributed by atoms with Gasteiger partial charge in [-0.15, -0.1) is 0 Å². The van der Waals surface area contributed by atoms with Crippen LogP contribution in [0.4, 0.5) is 0 Å². The van der Waals surface area contributed by atoms with Crippen LogP contribution < -0.4 is 153 Å². The number of thiol groups is 1. The summed E-state index contributed by atoms with van der Waals surface area (Å²) in [6.07, 6.45) is 2.56. The fourth-order valence-electron chi connectivity index (χ4n) is 15.2. The van der Waals surface area contributed by atoms with Crippen LogP contribution in [0.15, 0.2) is 30.3 Å². The summed E-state index contributed by atoms with van der Waals surface area (Å²) in [5.41, 5.74) is 51.8. The van der Waals surface area contributed by atoms with Crippen LogP contribution in [0, 0.1) is 28.1 Å². The topological polar surface area (TPSA) is 940 Å². The van der Waals surface area contributed by atoms with Crippen molar-refractivity contribution < 1.29 is 111 Å². The number of carbonyl (C=O) groups excluding carboxylic acids is 19. The number of hydrogen-bond acceptors (Lipinski definition) is 32. The number of carboxylic acid groups (broad SMARTS) is 1. The van der Waals surface area contributed by atoms with Crippen molar-refractivity contribution in [3.63, 3.8) is 0 Å². The highest BCUT2D eigenvalue weighted by molar-refractivity contribution is 7.98. The van der Waals surface area contributed by atoms with Gasteiger partial charge in [-0.25, -0.2) is 4.79 Å². The molecule has 1 aromatic carbocycles. The molecule has 0 bridgehead atoms. The average molecular weight is 2170 g/mol. The van der Waals surface area contributed by atoms with Crippen molar-refractivity contribution in [2.75, 3.05) is 95.3 Å². The molecule has 0 spiro atoms. The number of nitrogens with two attached hydrogens (primary N) is 9. The zero-order valence-corrected chi connectivity index (χ0v) is 88.0. The number of thioether (sulfide) groups is 2. The molecule has 58 heteroatoms. The van der Waals surface area contributed by atoms with Gasteiger partial charge in [-0.2, -0.15) is 36.2 Å². The first-order valence-corrected chi connectivity index (χ1v) is 53.0. The number of aliphatic hydroxyl groups excluding tert-OH is 2. The van der Waals surface area contributed by atoms with E-state index in [2.05, 4.69) is 114 Å². The predicted molar refractivity (Wildman–Crippen MR) is 559 cm³/mol. The van der Waals surface area contributed by atoms with Gasteiger partial charge in [0.2, 0.25) is 112 Å². The van der Waals surface area contributed by atoms with Crippen molar-refractivity contribution in [2.24, 2.45) is 63.4 Å². The van der Waals surface area contributed by atoms with Crippen LogP contribution >= 0.6 is 36.2 Å². The van der Waals surface area contributed by atoms with Crippen LogP contribution in [-0.4, -0.2) is 354 Å². The van der Waals surface area contributed by atoms with Crippen molar-refractivity contribution in [1.29, 1.82) is 16.2 Å². The molecule has 0 unspecified atom stereocenters. The molecule has 1 saturated heterocycles. The summed E-state index contributed by atoms with van der Waals surface area (Å²) >= 11 is 7.10.